The van der Waals surface area contributed by atoms with E-state index >= 15 is 0 Å². The quantitative estimate of drug-likeness (QED) is 0.476. The Kier molecular flexibility index (Phi) is 6.23. The van der Waals surface area contributed by atoms with Gasteiger partial charge >= 0.3 is 6.18 Å². The van der Waals surface area contributed by atoms with Crippen molar-refractivity contribution in [3.8, 4) is 11.3 Å². The first-order valence-electron chi connectivity index (χ1n) is 9.98. The zero-order chi connectivity index (χ0) is 22.9. The normalized spacial score (nSPS) is 16.0. The highest BCUT2D eigenvalue weighted by atomic mass is 19.4. The van der Waals surface area contributed by atoms with Crippen LogP contribution in [0.3, 0.4) is 0 Å². The number of aliphatic hydroxyl groups is 1. The molecule has 166 valence electrons. The Balaban J connectivity index is 1.73. The van der Waals surface area contributed by atoms with Crippen LogP contribution < -0.4 is 0 Å². The molecule has 0 aliphatic heterocycles. The van der Waals surface area contributed by atoms with Crippen LogP contribution in [0.2, 0.25) is 0 Å². The summed E-state index contributed by atoms with van der Waals surface area (Å²) in [6.07, 6.45) is -1.93. The summed E-state index contributed by atoms with van der Waals surface area (Å²) in [5, 5.41) is 10.9. The molecule has 0 spiro atoms. The van der Waals surface area contributed by atoms with Crippen molar-refractivity contribution in [2.24, 2.45) is 5.41 Å². The fraction of sp³-hybridized carbons (Fsp3) is 0.391. The van der Waals surface area contributed by atoms with E-state index in [1.165, 1.54) is 26.1 Å². The molecule has 0 saturated carbocycles. The number of pyridine rings is 1. The first kappa shape index (κ1) is 22.9. The van der Waals surface area contributed by atoms with Crippen molar-refractivity contribution in [1.29, 1.82) is 0 Å². The van der Waals surface area contributed by atoms with Crippen molar-refractivity contribution in [3.05, 3.63) is 71.7 Å². The zero-order valence-electron chi connectivity index (χ0n) is 17.6. The van der Waals surface area contributed by atoms with E-state index in [1.807, 2.05) is 24.3 Å². The number of nitrogens with zero attached hydrogens (tertiary/aromatic N) is 2. The van der Waals surface area contributed by atoms with Crippen LogP contribution in [0.5, 0.6) is 0 Å². The molecule has 8 heteroatoms. The van der Waals surface area contributed by atoms with E-state index in [0.29, 0.717) is 11.4 Å². The molecule has 0 fully saturated rings. The van der Waals surface area contributed by atoms with Crippen LogP contribution in [-0.4, -0.2) is 26.2 Å². The standard InChI is InChI=1S/C23H25F4N3O/c1-4-21(2,23(25,26)27)12-18-14-29-20(30-18)22(3,31)11-15-5-7-16(8-6-15)19-10-9-17(24)13-28-19/h5-10,13-14,31H,4,11-12H2,1-3H3,(H,29,30). The number of hydrogen-bond donors (Lipinski definition) is 2. The molecule has 0 aliphatic rings. The second-order valence-corrected chi connectivity index (χ2v) is 8.36. The maximum atomic E-state index is 13.4. The fourth-order valence-electron chi connectivity index (χ4n) is 3.39. The van der Waals surface area contributed by atoms with Crippen molar-refractivity contribution in [1.82, 2.24) is 15.0 Å². The van der Waals surface area contributed by atoms with E-state index in [1.54, 1.807) is 13.0 Å². The Morgan fingerprint density at radius 1 is 0.935 bits per heavy atom. The van der Waals surface area contributed by atoms with E-state index < -0.39 is 23.0 Å². The number of aromatic amines is 1. The molecule has 1 aromatic carbocycles. The van der Waals surface area contributed by atoms with Crippen LogP contribution in [0.1, 0.15) is 44.3 Å². The number of hydrogen-bond acceptors (Lipinski definition) is 3. The molecule has 2 heterocycles. The van der Waals surface area contributed by atoms with Gasteiger partial charge in [0.1, 0.15) is 17.2 Å². The van der Waals surface area contributed by atoms with Crippen LogP contribution >= 0.6 is 0 Å². The van der Waals surface area contributed by atoms with Crippen LogP contribution in [-0.2, 0) is 18.4 Å². The molecule has 2 N–H and O–H groups in total. The lowest BCUT2D eigenvalue weighted by atomic mass is 9.82. The minimum atomic E-state index is -4.34. The summed E-state index contributed by atoms with van der Waals surface area (Å²) in [5.74, 6) is -0.198. The third-order valence-electron chi connectivity index (χ3n) is 5.71. The minimum Gasteiger partial charge on any atom is -0.382 e. The summed E-state index contributed by atoms with van der Waals surface area (Å²) in [5.41, 5.74) is -0.701. The summed E-state index contributed by atoms with van der Waals surface area (Å²) < 4.78 is 53.2. The average Bonchev–Trinajstić information content (AvgIpc) is 3.17. The molecule has 3 aromatic rings. The molecule has 2 aromatic heterocycles. The van der Waals surface area contributed by atoms with Gasteiger partial charge in [-0.05, 0) is 31.0 Å². The lowest BCUT2D eigenvalue weighted by molar-refractivity contribution is -0.219. The highest BCUT2D eigenvalue weighted by molar-refractivity contribution is 5.59. The first-order valence-corrected chi connectivity index (χ1v) is 9.98. The maximum absolute atomic E-state index is 13.4. The highest BCUT2D eigenvalue weighted by Crippen LogP contribution is 2.43. The van der Waals surface area contributed by atoms with Gasteiger partial charge < -0.3 is 10.1 Å². The van der Waals surface area contributed by atoms with Crippen LogP contribution in [0, 0.1) is 11.2 Å². The predicted octanol–water partition coefficient (Wildman–Crippen LogP) is 5.58. The molecule has 0 radical (unpaired) electrons. The smallest absolute Gasteiger partial charge is 0.382 e. The van der Waals surface area contributed by atoms with E-state index in [0.717, 1.165) is 17.3 Å². The molecule has 0 saturated heterocycles. The lowest BCUT2D eigenvalue weighted by Gasteiger charge is -2.30. The predicted molar refractivity (Wildman–Crippen MR) is 110 cm³/mol. The monoisotopic (exact) mass is 435 g/mol. The minimum absolute atomic E-state index is 0.0590. The van der Waals surface area contributed by atoms with E-state index in [2.05, 4.69) is 15.0 Å². The lowest BCUT2D eigenvalue weighted by Crippen LogP contribution is -2.36. The Morgan fingerprint density at radius 3 is 2.16 bits per heavy atom. The number of alkyl halides is 3. The maximum Gasteiger partial charge on any atom is 0.394 e. The van der Waals surface area contributed by atoms with Crippen molar-refractivity contribution < 1.29 is 22.7 Å². The number of rotatable bonds is 7. The first-order chi connectivity index (χ1) is 14.4. The van der Waals surface area contributed by atoms with Gasteiger partial charge in [-0.3, -0.25) is 4.98 Å². The second kappa shape index (κ2) is 8.42. The molecule has 3 rings (SSSR count). The Labute approximate surface area is 178 Å². The van der Waals surface area contributed by atoms with Gasteiger partial charge in [0.15, 0.2) is 0 Å². The van der Waals surface area contributed by atoms with Gasteiger partial charge in [-0.25, -0.2) is 9.37 Å². The Hall–Kier alpha value is -2.74. The fourth-order valence-corrected chi connectivity index (χ4v) is 3.39. The molecule has 31 heavy (non-hydrogen) atoms. The summed E-state index contributed by atoms with van der Waals surface area (Å²) in [7, 11) is 0. The third kappa shape index (κ3) is 5.12. The van der Waals surface area contributed by atoms with E-state index in [9.17, 15) is 22.7 Å². The zero-order valence-corrected chi connectivity index (χ0v) is 17.6. The van der Waals surface area contributed by atoms with E-state index in [-0.39, 0.29) is 25.1 Å². The van der Waals surface area contributed by atoms with Gasteiger partial charge in [0.2, 0.25) is 0 Å². The van der Waals surface area contributed by atoms with Crippen LogP contribution in [0.15, 0.2) is 48.8 Å². The number of H-pyrrole nitrogens is 1. The second-order valence-electron chi connectivity index (χ2n) is 8.36. The number of imidazole rings is 1. The molecular formula is C23H25F4N3O. The van der Waals surface area contributed by atoms with E-state index in [4.69, 9.17) is 0 Å². The van der Waals surface area contributed by atoms with Crippen molar-refractivity contribution in [3.63, 3.8) is 0 Å². The van der Waals surface area contributed by atoms with Gasteiger partial charge in [0.25, 0.3) is 0 Å². The molecule has 4 nitrogen and oxygen atoms in total. The van der Waals surface area contributed by atoms with Crippen LogP contribution in [0.25, 0.3) is 11.3 Å². The molecule has 2 atom stereocenters. The molecule has 0 amide bonds. The Bertz CT molecular complexity index is 1010. The molecule has 2 unspecified atom stereocenters. The van der Waals surface area contributed by atoms with Gasteiger partial charge in [0.05, 0.1) is 17.3 Å². The van der Waals surface area contributed by atoms with Gasteiger partial charge in [-0.1, -0.05) is 38.1 Å². The van der Waals surface area contributed by atoms with Crippen molar-refractivity contribution >= 4 is 0 Å². The largest absolute Gasteiger partial charge is 0.394 e. The summed E-state index contributed by atoms with van der Waals surface area (Å²) in [6, 6.07) is 10.2. The third-order valence-corrected chi connectivity index (χ3v) is 5.71. The summed E-state index contributed by atoms with van der Waals surface area (Å²) in [4.78, 5) is 11.0. The number of aromatic nitrogens is 3. The topological polar surface area (TPSA) is 61.8 Å². The van der Waals surface area contributed by atoms with Crippen LogP contribution in [0.4, 0.5) is 17.6 Å². The average molecular weight is 435 g/mol. The number of benzene rings is 1. The molecule has 0 bridgehead atoms. The highest BCUT2D eigenvalue weighted by Gasteiger charge is 2.49. The number of nitrogens with one attached hydrogen (secondary N) is 1. The van der Waals surface area contributed by atoms with Crippen molar-refractivity contribution in [2.45, 2.75) is 51.8 Å². The molecule has 0 aliphatic carbocycles. The molecular weight excluding hydrogens is 410 g/mol. The van der Waals surface area contributed by atoms with Gasteiger partial charge in [-0.15, -0.1) is 0 Å². The Morgan fingerprint density at radius 2 is 1.61 bits per heavy atom. The summed E-state index contributed by atoms with van der Waals surface area (Å²) >= 11 is 0. The van der Waals surface area contributed by atoms with Gasteiger partial charge in [-0.2, -0.15) is 13.2 Å². The van der Waals surface area contributed by atoms with Gasteiger partial charge in [0, 0.05) is 30.3 Å². The SMILES string of the molecule is CCC(C)(Cc1cnc(C(C)(O)Cc2ccc(-c3ccc(F)cn3)cc2)[nH]1)C(F)(F)F. The number of halogens is 4. The van der Waals surface area contributed by atoms with Crippen molar-refractivity contribution in [2.75, 3.05) is 0 Å². The summed E-state index contributed by atoms with van der Waals surface area (Å²) in [6.45, 7) is 4.25.